The van der Waals surface area contributed by atoms with Crippen LogP contribution in [0.25, 0.3) is 0 Å². The number of amides is 1. The molecule has 1 aromatic carbocycles. The van der Waals surface area contributed by atoms with Crippen LogP contribution in [0.15, 0.2) is 35.7 Å². The summed E-state index contributed by atoms with van der Waals surface area (Å²) in [5, 5.41) is 12.0. The lowest BCUT2D eigenvalue weighted by Gasteiger charge is -2.19. The first-order valence-electron chi connectivity index (χ1n) is 7.45. The van der Waals surface area contributed by atoms with Gasteiger partial charge in [0.1, 0.15) is 17.5 Å². The lowest BCUT2D eigenvalue weighted by Crippen LogP contribution is -2.27. The molecule has 0 bridgehead atoms. The molecule has 0 saturated heterocycles. The fourth-order valence-electron chi connectivity index (χ4n) is 2.65. The Morgan fingerprint density at radius 3 is 2.25 bits per heavy atom. The fraction of sp³-hybridized carbons (Fsp3) is 0.278. The minimum absolute atomic E-state index is 0.000645. The molecule has 6 nitrogen and oxygen atoms in total. The van der Waals surface area contributed by atoms with E-state index in [1.54, 1.807) is 0 Å². The number of carbonyl (C=O) groups is 2. The van der Waals surface area contributed by atoms with E-state index in [2.05, 4.69) is 11.2 Å². The van der Waals surface area contributed by atoms with Crippen molar-refractivity contribution < 1.29 is 9.59 Å². The third-order valence-electron chi connectivity index (χ3n) is 3.82. The molecule has 0 spiro atoms. The van der Waals surface area contributed by atoms with E-state index in [1.165, 1.54) is 0 Å². The number of allylic oxidation sites excluding steroid dienone is 1. The van der Waals surface area contributed by atoms with Crippen molar-refractivity contribution in [2.24, 2.45) is 0 Å². The molecule has 1 N–H and O–H groups in total. The van der Waals surface area contributed by atoms with E-state index in [1.807, 2.05) is 54.2 Å². The lowest BCUT2D eigenvalue weighted by atomic mass is 10.1. The molecule has 2 rings (SSSR count). The van der Waals surface area contributed by atoms with Gasteiger partial charge in [-0.05, 0) is 12.1 Å². The number of carbonyl (C=O) groups excluding carboxylic acids is 2. The number of ketones is 1. The zero-order valence-electron chi connectivity index (χ0n) is 13.7. The largest absolute Gasteiger partial charge is 0.345 e. The maximum Gasteiger partial charge on any atom is 0.221 e. The second kappa shape index (κ2) is 7.34. The summed E-state index contributed by atoms with van der Waals surface area (Å²) in [4.78, 5) is 27.6. The second-order valence-corrected chi connectivity index (χ2v) is 5.32. The van der Waals surface area contributed by atoms with Gasteiger partial charge in [0.25, 0.3) is 0 Å². The van der Waals surface area contributed by atoms with Gasteiger partial charge in [0.15, 0.2) is 5.78 Å². The topological polar surface area (TPSA) is 76.4 Å². The van der Waals surface area contributed by atoms with E-state index >= 15 is 0 Å². The maximum atomic E-state index is 12.4. The molecule has 0 aromatic heterocycles. The van der Waals surface area contributed by atoms with Crippen molar-refractivity contribution in [2.45, 2.75) is 12.8 Å². The Labute approximate surface area is 141 Å². The highest BCUT2D eigenvalue weighted by atomic mass is 16.2. The minimum Gasteiger partial charge on any atom is -0.345 e. The predicted octanol–water partition coefficient (Wildman–Crippen LogP) is 1.41. The average molecular weight is 322 g/mol. The van der Waals surface area contributed by atoms with Crippen LogP contribution in [-0.2, 0) is 9.59 Å². The number of rotatable bonds is 5. The highest BCUT2D eigenvalue weighted by Gasteiger charge is 2.31. The number of hydrogen-bond donors (Lipinski definition) is 1. The monoisotopic (exact) mass is 322 g/mol. The van der Waals surface area contributed by atoms with Crippen molar-refractivity contribution in [3.63, 3.8) is 0 Å². The SMILES string of the molecule is C#CCNC(=O)CCC(=O)C(C#N)=C1N(C)c2ccccc2N1C. The lowest BCUT2D eigenvalue weighted by molar-refractivity contribution is -0.123. The minimum atomic E-state index is -0.366. The summed E-state index contributed by atoms with van der Waals surface area (Å²) >= 11 is 0. The highest BCUT2D eigenvalue weighted by Crippen LogP contribution is 2.40. The summed E-state index contributed by atoms with van der Waals surface area (Å²) in [7, 11) is 3.61. The van der Waals surface area contributed by atoms with E-state index < -0.39 is 0 Å². The van der Waals surface area contributed by atoms with Crippen molar-refractivity contribution in [1.82, 2.24) is 5.32 Å². The fourth-order valence-corrected chi connectivity index (χ4v) is 2.65. The third-order valence-corrected chi connectivity index (χ3v) is 3.82. The van der Waals surface area contributed by atoms with Crippen LogP contribution in [0.4, 0.5) is 11.4 Å². The van der Waals surface area contributed by atoms with Crippen LogP contribution in [0, 0.1) is 23.7 Å². The van der Waals surface area contributed by atoms with Gasteiger partial charge in [-0.2, -0.15) is 5.26 Å². The van der Waals surface area contributed by atoms with E-state index in [9.17, 15) is 14.9 Å². The molecule has 122 valence electrons. The standard InChI is InChI=1S/C18H18N4O2/c1-4-11-20-17(24)10-9-16(23)13(12-19)18-21(2)14-7-5-6-8-15(14)22(18)3/h1,5-8H,9-11H2,2-3H3,(H,20,24). The first kappa shape index (κ1) is 17.1. The number of hydrogen-bond acceptors (Lipinski definition) is 5. The number of fused-ring (bicyclic) bond motifs is 1. The van der Waals surface area contributed by atoms with Gasteiger partial charge < -0.3 is 15.1 Å². The van der Waals surface area contributed by atoms with Crippen molar-refractivity contribution in [3.05, 3.63) is 35.7 Å². The summed E-state index contributed by atoms with van der Waals surface area (Å²) in [6, 6.07) is 9.63. The summed E-state index contributed by atoms with van der Waals surface area (Å²) in [6.07, 6.45) is 5.02. The van der Waals surface area contributed by atoms with Crippen molar-refractivity contribution in [1.29, 1.82) is 5.26 Å². The number of anilines is 2. The van der Waals surface area contributed by atoms with Crippen molar-refractivity contribution in [2.75, 3.05) is 30.4 Å². The van der Waals surface area contributed by atoms with Crippen molar-refractivity contribution >= 4 is 23.1 Å². The molecule has 6 heteroatoms. The Kier molecular flexibility index (Phi) is 5.23. The Morgan fingerprint density at radius 1 is 1.17 bits per heavy atom. The number of nitrogens with zero attached hydrogens (tertiary/aromatic N) is 3. The number of terminal acetylenes is 1. The first-order chi connectivity index (χ1) is 11.5. The first-order valence-corrected chi connectivity index (χ1v) is 7.45. The van der Waals surface area contributed by atoms with E-state index in [0.29, 0.717) is 5.82 Å². The Balaban J connectivity index is 2.21. The zero-order chi connectivity index (χ0) is 17.7. The molecule has 1 aliphatic rings. The van der Waals surface area contributed by atoms with Gasteiger partial charge in [-0.3, -0.25) is 9.59 Å². The van der Waals surface area contributed by atoms with Crippen LogP contribution < -0.4 is 15.1 Å². The van der Waals surface area contributed by atoms with E-state index in [-0.39, 0.29) is 36.6 Å². The normalized spacial score (nSPS) is 12.2. The summed E-state index contributed by atoms with van der Waals surface area (Å²) < 4.78 is 0. The smallest absolute Gasteiger partial charge is 0.221 e. The Bertz CT molecular complexity index is 752. The highest BCUT2D eigenvalue weighted by molar-refractivity contribution is 6.03. The van der Waals surface area contributed by atoms with Crippen LogP contribution in [0.5, 0.6) is 0 Å². The summed E-state index contributed by atoms with van der Waals surface area (Å²) in [5.74, 6) is 2.14. The number of nitrogens with one attached hydrogen (secondary N) is 1. The van der Waals surface area contributed by atoms with Gasteiger partial charge in [0.2, 0.25) is 5.91 Å². The van der Waals surface area contributed by atoms with Gasteiger partial charge >= 0.3 is 0 Å². The van der Waals surface area contributed by atoms with Crippen LogP contribution in [-0.4, -0.2) is 32.3 Å². The van der Waals surface area contributed by atoms with Gasteiger partial charge in [-0.15, -0.1) is 6.42 Å². The third kappa shape index (κ3) is 3.23. The molecule has 0 radical (unpaired) electrons. The number of Topliss-reactive ketones (excluding diaryl/α,β-unsaturated/α-hetero) is 1. The molecule has 24 heavy (non-hydrogen) atoms. The number of nitriles is 1. The Morgan fingerprint density at radius 2 is 1.75 bits per heavy atom. The molecule has 0 fully saturated rings. The van der Waals surface area contributed by atoms with Crippen LogP contribution in [0.3, 0.4) is 0 Å². The zero-order valence-corrected chi connectivity index (χ0v) is 13.7. The van der Waals surface area contributed by atoms with Gasteiger partial charge in [0.05, 0.1) is 17.9 Å². The average Bonchev–Trinajstić information content (AvgIpc) is 2.84. The maximum absolute atomic E-state index is 12.4. The van der Waals surface area contributed by atoms with Crippen LogP contribution in [0.1, 0.15) is 12.8 Å². The van der Waals surface area contributed by atoms with Gasteiger partial charge in [-0.25, -0.2) is 0 Å². The summed E-state index contributed by atoms with van der Waals surface area (Å²) in [5.41, 5.74) is 1.88. The number of benzene rings is 1. The molecule has 1 heterocycles. The van der Waals surface area contributed by atoms with Gasteiger partial charge in [-0.1, -0.05) is 18.1 Å². The molecule has 0 saturated carbocycles. The molecule has 1 aromatic rings. The Hall–Kier alpha value is -3.25. The second-order valence-electron chi connectivity index (χ2n) is 5.32. The van der Waals surface area contributed by atoms with Crippen molar-refractivity contribution in [3.8, 4) is 18.4 Å². The molecule has 1 aliphatic heterocycles. The van der Waals surface area contributed by atoms with Gasteiger partial charge in [0, 0.05) is 26.9 Å². The van der Waals surface area contributed by atoms with E-state index in [0.717, 1.165) is 11.4 Å². The van der Waals surface area contributed by atoms with Crippen LogP contribution >= 0.6 is 0 Å². The molecule has 0 unspecified atom stereocenters. The molecule has 0 atom stereocenters. The molecular formula is C18H18N4O2. The van der Waals surface area contributed by atoms with E-state index in [4.69, 9.17) is 6.42 Å². The quantitative estimate of drug-likeness (QED) is 0.504. The molecule has 0 aliphatic carbocycles. The summed E-state index contributed by atoms with van der Waals surface area (Å²) in [6.45, 7) is 0.125. The van der Waals surface area contributed by atoms with Crippen LogP contribution in [0.2, 0.25) is 0 Å². The molecular weight excluding hydrogens is 304 g/mol. The number of para-hydroxylation sites is 2. The molecule has 1 amide bonds. The predicted molar refractivity (Wildman–Crippen MR) is 92.0 cm³/mol.